The number of nitrogens with zero attached hydrogens (tertiary/aromatic N) is 3. The normalized spacial score (nSPS) is 16.9. The highest BCUT2D eigenvalue weighted by Crippen LogP contribution is 2.29. The standard InChI is InChI=1S/C32H36N8O4/c1-19-2-7-25(17-27(19)33)22-8-3-20(4-9-22)16-28(36-30(41)24-10-5-21(6-11-24)18-34-32(43)44)31(42)35-26-14-12-23(13-15-26)29-37-39-40-38-29/h2-4,7-9,12-15,17,21,24,28,34H,5-6,10-11,16,18,33H2,1H3,(H,35,42)(H,36,41)(H,43,44)(H,37,38,39,40)/t21?,24?,28-/m0/s1. The zero-order valence-electron chi connectivity index (χ0n) is 24.4. The third-order valence-electron chi connectivity index (χ3n) is 8.15. The van der Waals surface area contributed by atoms with Gasteiger partial charge in [-0.25, -0.2) is 4.79 Å². The molecule has 12 heteroatoms. The Balaban J connectivity index is 1.28. The molecule has 4 aromatic rings. The maximum absolute atomic E-state index is 13.6. The highest BCUT2D eigenvalue weighted by Gasteiger charge is 2.30. The lowest BCUT2D eigenvalue weighted by molar-refractivity contribution is -0.130. The molecular weight excluding hydrogens is 560 g/mol. The Morgan fingerprint density at radius 1 is 0.955 bits per heavy atom. The monoisotopic (exact) mass is 596 g/mol. The summed E-state index contributed by atoms with van der Waals surface area (Å²) < 4.78 is 0. The summed E-state index contributed by atoms with van der Waals surface area (Å²) in [5.74, 6) is -0.102. The van der Waals surface area contributed by atoms with Crippen molar-refractivity contribution < 1.29 is 19.5 Å². The first kappa shape index (κ1) is 30.2. The van der Waals surface area contributed by atoms with E-state index in [2.05, 4.69) is 36.6 Å². The first-order valence-electron chi connectivity index (χ1n) is 14.6. The minimum atomic E-state index is -1.04. The molecule has 12 nitrogen and oxygen atoms in total. The van der Waals surface area contributed by atoms with Gasteiger partial charge in [-0.15, -0.1) is 10.2 Å². The van der Waals surface area contributed by atoms with Gasteiger partial charge < -0.3 is 26.8 Å². The van der Waals surface area contributed by atoms with E-state index in [0.717, 1.165) is 46.3 Å². The lowest BCUT2D eigenvalue weighted by Crippen LogP contribution is -2.48. The molecule has 1 saturated carbocycles. The predicted molar refractivity (Wildman–Crippen MR) is 166 cm³/mol. The van der Waals surface area contributed by atoms with Crippen molar-refractivity contribution in [1.29, 1.82) is 0 Å². The van der Waals surface area contributed by atoms with E-state index >= 15 is 0 Å². The van der Waals surface area contributed by atoms with Crippen LogP contribution < -0.4 is 21.7 Å². The Morgan fingerprint density at radius 2 is 1.64 bits per heavy atom. The third kappa shape index (κ3) is 7.77. The van der Waals surface area contributed by atoms with Crippen molar-refractivity contribution in [2.75, 3.05) is 17.6 Å². The molecule has 0 bridgehead atoms. The van der Waals surface area contributed by atoms with Crippen LogP contribution in [-0.4, -0.2) is 56.2 Å². The van der Waals surface area contributed by atoms with Crippen molar-refractivity contribution in [3.63, 3.8) is 0 Å². The number of benzene rings is 3. The molecular formula is C32H36N8O4. The fourth-order valence-corrected chi connectivity index (χ4v) is 5.46. The van der Waals surface area contributed by atoms with Crippen molar-refractivity contribution in [2.45, 2.75) is 45.1 Å². The van der Waals surface area contributed by atoms with E-state index in [0.29, 0.717) is 37.3 Å². The van der Waals surface area contributed by atoms with Gasteiger partial charge in [-0.1, -0.05) is 36.4 Å². The van der Waals surface area contributed by atoms with Crippen molar-refractivity contribution in [3.05, 3.63) is 77.9 Å². The number of nitrogen functional groups attached to an aromatic ring is 1. The van der Waals surface area contributed by atoms with Gasteiger partial charge in [-0.05, 0) is 96.3 Å². The largest absolute Gasteiger partial charge is 0.465 e. The number of hydrogen-bond donors (Lipinski definition) is 6. The van der Waals surface area contributed by atoms with Crippen LogP contribution >= 0.6 is 0 Å². The number of carbonyl (C=O) groups is 3. The summed E-state index contributed by atoms with van der Waals surface area (Å²) >= 11 is 0. The maximum atomic E-state index is 13.6. The number of amides is 3. The number of carbonyl (C=O) groups excluding carboxylic acids is 2. The summed E-state index contributed by atoms with van der Waals surface area (Å²) in [6.07, 6.45) is 2.02. The molecule has 1 fully saturated rings. The number of tetrazole rings is 1. The molecule has 0 aliphatic heterocycles. The van der Waals surface area contributed by atoms with Gasteiger partial charge in [0.1, 0.15) is 6.04 Å². The van der Waals surface area contributed by atoms with Crippen LogP contribution in [0.15, 0.2) is 66.7 Å². The Bertz CT molecular complexity index is 1580. The Labute approximate surface area is 254 Å². The molecule has 0 spiro atoms. The summed E-state index contributed by atoms with van der Waals surface area (Å²) in [7, 11) is 0. The van der Waals surface area contributed by atoms with Gasteiger partial charge in [0.2, 0.25) is 17.6 Å². The fraction of sp³-hybridized carbons (Fsp3) is 0.312. The number of H-pyrrole nitrogens is 1. The first-order chi connectivity index (χ1) is 21.2. The van der Waals surface area contributed by atoms with Crippen LogP contribution in [0.5, 0.6) is 0 Å². The van der Waals surface area contributed by atoms with Gasteiger partial charge in [0.15, 0.2) is 0 Å². The van der Waals surface area contributed by atoms with Crippen LogP contribution in [0.2, 0.25) is 0 Å². The molecule has 0 radical (unpaired) electrons. The molecule has 1 heterocycles. The number of nitrogens with two attached hydrogens (primary N) is 1. The lowest BCUT2D eigenvalue weighted by Gasteiger charge is -2.29. The molecule has 0 saturated heterocycles. The van der Waals surface area contributed by atoms with Crippen molar-refractivity contribution in [3.8, 4) is 22.5 Å². The van der Waals surface area contributed by atoms with Gasteiger partial charge in [-0.3, -0.25) is 9.59 Å². The van der Waals surface area contributed by atoms with Crippen LogP contribution in [0.25, 0.3) is 22.5 Å². The summed E-state index contributed by atoms with van der Waals surface area (Å²) in [5, 5.41) is 31.2. The van der Waals surface area contributed by atoms with Crippen LogP contribution in [0.1, 0.15) is 36.8 Å². The molecule has 5 rings (SSSR count). The molecule has 1 aromatic heterocycles. The Kier molecular flexibility index (Phi) is 9.48. The number of anilines is 2. The summed E-state index contributed by atoms with van der Waals surface area (Å²) in [5.41, 5.74) is 12.1. The van der Waals surface area contributed by atoms with Gasteiger partial charge in [-0.2, -0.15) is 5.21 Å². The second kappa shape index (κ2) is 13.8. The summed E-state index contributed by atoms with van der Waals surface area (Å²) in [4.78, 5) is 37.8. The number of aromatic amines is 1. The molecule has 228 valence electrons. The summed E-state index contributed by atoms with van der Waals surface area (Å²) in [6.45, 7) is 2.34. The van der Waals surface area contributed by atoms with Crippen LogP contribution in [0.4, 0.5) is 16.2 Å². The fourth-order valence-electron chi connectivity index (χ4n) is 5.46. The molecule has 3 aromatic carbocycles. The van der Waals surface area contributed by atoms with Crippen LogP contribution in [-0.2, 0) is 16.0 Å². The highest BCUT2D eigenvalue weighted by molar-refractivity contribution is 5.97. The number of hydrogen-bond acceptors (Lipinski definition) is 7. The minimum Gasteiger partial charge on any atom is -0.465 e. The quantitative estimate of drug-likeness (QED) is 0.147. The lowest BCUT2D eigenvalue weighted by atomic mass is 9.81. The second-order valence-electron chi connectivity index (χ2n) is 11.2. The number of aromatic nitrogens is 4. The maximum Gasteiger partial charge on any atom is 0.404 e. The molecule has 3 amide bonds. The van der Waals surface area contributed by atoms with E-state index in [1.807, 2.05) is 49.4 Å². The molecule has 44 heavy (non-hydrogen) atoms. The molecule has 0 unspecified atom stereocenters. The topological polar surface area (TPSA) is 188 Å². The molecule has 1 aliphatic rings. The summed E-state index contributed by atoms with van der Waals surface area (Å²) in [6, 6.07) is 20.1. The average molecular weight is 597 g/mol. The first-order valence-corrected chi connectivity index (χ1v) is 14.6. The molecule has 1 aliphatic carbocycles. The minimum absolute atomic E-state index is 0.172. The average Bonchev–Trinajstić information content (AvgIpc) is 3.57. The number of rotatable bonds is 10. The molecule has 1 atom stereocenters. The predicted octanol–water partition coefficient (Wildman–Crippen LogP) is 4.16. The van der Waals surface area contributed by atoms with E-state index < -0.39 is 12.1 Å². The Morgan fingerprint density at radius 3 is 2.27 bits per heavy atom. The van der Waals surface area contributed by atoms with Crippen molar-refractivity contribution in [2.24, 2.45) is 11.8 Å². The van der Waals surface area contributed by atoms with E-state index in [1.165, 1.54) is 0 Å². The van der Waals surface area contributed by atoms with Gasteiger partial charge in [0.25, 0.3) is 0 Å². The SMILES string of the molecule is Cc1ccc(-c2ccc(C[C@H](NC(=O)C3CCC(CNC(=O)O)CC3)C(=O)Nc3ccc(-c4nn[nH]n4)cc3)cc2)cc1N. The third-order valence-corrected chi connectivity index (χ3v) is 8.15. The van der Waals surface area contributed by atoms with Gasteiger partial charge >= 0.3 is 6.09 Å². The van der Waals surface area contributed by atoms with Crippen molar-refractivity contribution in [1.82, 2.24) is 31.3 Å². The highest BCUT2D eigenvalue weighted by atomic mass is 16.4. The Hall–Kier alpha value is -5.26. The van der Waals surface area contributed by atoms with E-state index in [9.17, 15) is 14.4 Å². The van der Waals surface area contributed by atoms with Gasteiger partial charge in [0.05, 0.1) is 0 Å². The van der Waals surface area contributed by atoms with E-state index in [-0.39, 0.29) is 23.7 Å². The molecule has 7 N–H and O–H groups in total. The number of carboxylic acid groups (broad SMARTS) is 1. The number of nitrogens with one attached hydrogen (secondary N) is 4. The van der Waals surface area contributed by atoms with Gasteiger partial charge in [0, 0.05) is 35.8 Å². The number of aryl methyl sites for hydroxylation is 1. The van der Waals surface area contributed by atoms with Crippen LogP contribution in [0.3, 0.4) is 0 Å². The van der Waals surface area contributed by atoms with E-state index in [4.69, 9.17) is 10.8 Å². The van der Waals surface area contributed by atoms with E-state index in [1.54, 1.807) is 24.3 Å². The second-order valence-corrected chi connectivity index (χ2v) is 11.2. The smallest absolute Gasteiger partial charge is 0.404 e. The zero-order valence-corrected chi connectivity index (χ0v) is 24.4. The zero-order chi connectivity index (χ0) is 31.1. The van der Waals surface area contributed by atoms with Crippen LogP contribution in [0, 0.1) is 18.8 Å². The van der Waals surface area contributed by atoms with Crippen molar-refractivity contribution >= 4 is 29.3 Å².